The molecule has 0 bridgehead atoms. The monoisotopic (exact) mass is 167 g/mol. The molecule has 0 amide bonds. The number of ether oxygens (including phenoxy) is 1. The standard InChI is InChI=1S/C9H10FNO/c10-7-4-5-11-9(6-7)12-8-2-1-3-8/h4-6,8H,1-3H2. The Bertz CT molecular complexity index is 273. The molecule has 64 valence electrons. The van der Waals surface area contributed by atoms with Crippen LogP contribution >= 0.6 is 0 Å². The average molecular weight is 167 g/mol. The summed E-state index contributed by atoms with van der Waals surface area (Å²) >= 11 is 0. The van der Waals surface area contributed by atoms with Gasteiger partial charge in [-0.25, -0.2) is 9.37 Å². The SMILES string of the molecule is Fc1ccnc(OC2CCC2)c1. The van der Waals surface area contributed by atoms with Gasteiger partial charge in [0.1, 0.15) is 11.9 Å². The summed E-state index contributed by atoms with van der Waals surface area (Å²) in [7, 11) is 0. The lowest BCUT2D eigenvalue weighted by Crippen LogP contribution is -2.24. The molecule has 0 saturated heterocycles. The third-order valence-corrected chi connectivity index (χ3v) is 2.04. The Labute approximate surface area is 70.4 Å². The second-order valence-corrected chi connectivity index (χ2v) is 2.98. The molecule has 2 nitrogen and oxygen atoms in total. The van der Waals surface area contributed by atoms with Gasteiger partial charge < -0.3 is 4.74 Å². The number of nitrogens with zero attached hydrogens (tertiary/aromatic N) is 1. The Morgan fingerprint density at radius 2 is 2.33 bits per heavy atom. The summed E-state index contributed by atoms with van der Waals surface area (Å²) in [6.07, 6.45) is 5.03. The summed E-state index contributed by atoms with van der Waals surface area (Å²) in [5.74, 6) is 0.110. The topological polar surface area (TPSA) is 22.1 Å². The first-order chi connectivity index (χ1) is 5.84. The molecule has 1 aromatic rings. The van der Waals surface area contributed by atoms with Gasteiger partial charge in [-0.15, -0.1) is 0 Å². The van der Waals surface area contributed by atoms with Crippen LogP contribution in [0, 0.1) is 5.82 Å². The number of hydrogen-bond donors (Lipinski definition) is 0. The Morgan fingerprint density at radius 3 is 2.92 bits per heavy atom. The number of pyridine rings is 1. The van der Waals surface area contributed by atoms with Gasteiger partial charge in [0.15, 0.2) is 0 Å². The van der Waals surface area contributed by atoms with E-state index < -0.39 is 0 Å². The summed E-state index contributed by atoms with van der Waals surface area (Å²) < 4.78 is 18.0. The van der Waals surface area contributed by atoms with Gasteiger partial charge in [-0.1, -0.05) is 0 Å². The molecule has 2 rings (SSSR count). The number of hydrogen-bond acceptors (Lipinski definition) is 2. The Kier molecular flexibility index (Phi) is 1.94. The summed E-state index contributed by atoms with van der Waals surface area (Å²) in [5, 5.41) is 0. The summed E-state index contributed by atoms with van der Waals surface area (Å²) in [6, 6.07) is 2.63. The molecule has 12 heavy (non-hydrogen) atoms. The van der Waals surface area contributed by atoms with E-state index in [1.165, 1.54) is 24.8 Å². The highest BCUT2D eigenvalue weighted by atomic mass is 19.1. The van der Waals surface area contributed by atoms with Crippen molar-refractivity contribution in [2.24, 2.45) is 0 Å². The molecule has 1 aliphatic rings. The van der Waals surface area contributed by atoms with Crippen molar-refractivity contribution in [3.8, 4) is 5.88 Å². The second-order valence-electron chi connectivity index (χ2n) is 2.98. The van der Waals surface area contributed by atoms with E-state index in [-0.39, 0.29) is 11.9 Å². The van der Waals surface area contributed by atoms with Crippen molar-refractivity contribution in [3.63, 3.8) is 0 Å². The molecule has 0 aromatic carbocycles. The van der Waals surface area contributed by atoms with E-state index in [0.29, 0.717) is 5.88 Å². The fourth-order valence-corrected chi connectivity index (χ4v) is 1.11. The van der Waals surface area contributed by atoms with Gasteiger partial charge in [-0.2, -0.15) is 0 Å². The maximum Gasteiger partial charge on any atom is 0.216 e. The van der Waals surface area contributed by atoms with Gasteiger partial charge >= 0.3 is 0 Å². The Balaban J connectivity index is 2.02. The molecule has 1 heterocycles. The lowest BCUT2D eigenvalue weighted by Gasteiger charge is -2.25. The molecular formula is C9H10FNO. The van der Waals surface area contributed by atoms with Gasteiger partial charge in [0.2, 0.25) is 5.88 Å². The van der Waals surface area contributed by atoms with Crippen LogP contribution in [0.4, 0.5) is 4.39 Å². The minimum atomic E-state index is -0.292. The van der Waals surface area contributed by atoms with Crippen molar-refractivity contribution in [2.45, 2.75) is 25.4 Å². The van der Waals surface area contributed by atoms with Crippen molar-refractivity contribution in [2.75, 3.05) is 0 Å². The highest BCUT2D eigenvalue weighted by Crippen LogP contribution is 2.23. The lowest BCUT2D eigenvalue weighted by molar-refractivity contribution is 0.114. The van der Waals surface area contributed by atoms with Crippen molar-refractivity contribution >= 4 is 0 Å². The highest BCUT2D eigenvalue weighted by Gasteiger charge is 2.19. The minimum absolute atomic E-state index is 0.263. The van der Waals surface area contributed by atoms with Gasteiger partial charge in [0.05, 0.1) is 0 Å². The largest absolute Gasteiger partial charge is 0.474 e. The van der Waals surface area contributed by atoms with Crippen molar-refractivity contribution < 1.29 is 9.13 Å². The van der Waals surface area contributed by atoms with Crippen LogP contribution < -0.4 is 4.74 Å². The predicted molar refractivity (Wildman–Crippen MR) is 42.5 cm³/mol. The maximum atomic E-state index is 12.6. The predicted octanol–water partition coefficient (Wildman–Crippen LogP) is 2.15. The smallest absolute Gasteiger partial charge is 0.216 e. The fourth-order valence-electron chi connectivity index (χ4n) is 1.11. The van der Waals surface area contributed by atoms with Crippen LogP contribution in [0.3, 0.4) is 0 Å². The van der Waals surface area contributed by atoms with Crippen LogP contribution in [0.5, 0.6) is 5.88 Å². The summed E-state index contributed by atoms with van der Waals surface area (Å²) in [5.41, 5.74) is 0. The zero-order chi connectivity index (χ0) is 8.39. The summed E-state index contributed by atoms with van der Waals surface area (Å²) in [4.78, 5) is 3.90. The van der Waals surface area contributed by atoms with E-state index >= 15 is 0 Å². The molecule has 0 N–H and O–H groups in total. The lowest BCUT2D eigenvalue weighted by atomic mass is 9.96. The molecule has 1 aliphatic carbocycles. The number of rotatable bonds is 2. The third-order valence-electron chi connectivity index (χ3n) is 2.04. The minimum Gasteiger partial charge on any atom is -0.474 e. The number of halogens is 1. The molecule has 1 saturated carbocycles. The van der Waals surface area contributed by atoms with Crippen LogP contribution in [-0.2, 0) is 0 Å². The summed E-state index contributed by atoms with van der Waals surface area (Å²) in [6.45, 7) is 0. The van der Waals surface area contributed by atoms with Gasteiger partial charge in [0.25, 0.3) is 0 Å². The van der Waals surface area contributed by atoms with Crippen molar-refractivity contribution in [3.05, 3.63) is 24.1 Å². The molecule has 0 atom stereocenters. The van der Waals surface area contributed by atoms with Crippen LogP contribution in [0.15, 0.2) is 18.3 Å². The van der Waals surface area contributed by atoms with E-state index in [4.69, 9.17) is 4.74 Å². The van der Waals surface area contributed by atoms with Crippen LogP contribution in [0.25, 0.3) is 0 Å². The molecular weight excluding hydrogens is 157 g/mol. The Hall–Kier alpha value is -1.12. The first-order valence-corrected chi connectivity index (χ1v) is 4.13. The van der Waals surface area contributed by atoms with Gasteiger partial charge in [-0.05, 0) is 25.3 Å². The second kappa shape index (κ2) is 3.09. The van der Waals surface area contributed by atoms with E-state index in [0.717, 1.165) is 12.8 Å². The van der Waals surface area contributed by atoms with Crippen molar-refractivity contribution in [1.82, 2.24) is 4.98 Å². The zero-order valence-electron chi connectivity index (χ0n) is 6.66. The van der Waals surface area contributed by atoms with Crippen molar-refractivity contribution in [1.29, 1.82) is 0 Å². The molecule has 0 spiro atoms. The van der Waals surface area contributed by atoms with E-state index in [9.17, 15) is 4.39 Å². The average Bonchev–Trinajstić information content (AvgIpc) is 1.97. The molecule has 0 radical (unpaired) electrons. The molecule has 1 aromatic heterocycles. The normalized spacial score (nSPS) is 17.1. The first-order valence-electron chi connectivity index (χ1n) is 4.13. The zero-order valence-corrected chi connectivity index (χ0v) is 6.66. The van der Waals surface area contributed by atoms with E-state index in [1.54, 1.807) is 0 Å². The molecule has 0 unspecified atom stereocenters. The first kappa shape index (κ1) is 7.53. The third kappa shape index (κ3) is 1.55. The molecule has 0 aliphatic heterocycles. The molecule has 1 fully saturated rings. The number of aromatic nitrogens is 1. The van der Waals surface area contributed by atoms with E-state index in [1.807, 2.05) is 0 Å². The van der Waals surface area contributed by atoms with Gasteiger partial charge in [-0.3, -0.25) is 0 Å². The maximum absolute atomic E-state index is 12.6. The fraction of sp³-hybridized carbons (Fsp3) is 0.444. The van der Waals surface area contributed by atoms with Crippen LogP contribution in [0.2, 0.25) is 0 Å². The highest BCUT2D eigenvalue weighted by molar-refractivity contribution is 5.12. The van der Waals surface area contributed by atoms with Gasteiger partial charge in [0, 0.05) is 12.3 Å². The van der Waals surface area contributed by atoms with Crippen LogP contribution in [0.1, 0.15) is 19.3 Å². The molecule has 3 heteroatoms. The quantitative estimate of drug-likeness (QED) is 0.673. The van der Waals surface area contributed by atoms with E-state index in [2.05, 4.69) is 4.98 Å². The Morgan fingerprint density at radius 1 is 1.50 bits per heavy atom. The van der Waals surface area contributed by atoms with Crippen LogP contribution in [-0.4, -0.2) is 11.1 Å².